The first-order valence-corrected chi connectivity index (χ1v) is 9.98. The summed E-state index contributed by atoms with van der Waals surface area (Å²) in [4.78, 5) is 46.6. The maximum Gasteiger partial charge on any atom is 0.322 e. The number of non-ortho nitro benzene ring substituents is 1. The number of carboxylic acid groups (broad SMARTS) is 1. The van der Waals surface area contributed by atoms with Gasteiger partial charge in [0.15, 0.2) is 0 Å². The highest BCUT2D eigenvalue weighted by Crippen LogP contribution is 2.33. The Hall–Kier alpha value is -2.79. The van der Waals surface area contributed by atoms with Gasteiger partial charge in [0.1, 0.15) is 10.9 Å². The van der Waals surface area contributed by atoms with E-state index in [2.05, 4.69) is 5.32 Å². The Morgan fingerprint density at radius 2 is 2.07 bits per heavy atom. The van der Waals surface area contributed by atoms with E-state index in [0.717, 1.165) is 11.8 Å². The van der Waals surface area contributed by atoms with E-state index in [1.165, 1.54) is 17.0 Å². The van der Waals surface area contributed by atoms with Gasteiger partial charge >= 0.3 is 5.97 Å². The molecule has 1 aromatic carbocycles. The molecule has 0 bridgehead atoms. The second-order valence-corrected chi connectivity index (χ2v) is 7.84. The van der Waals surface area contributed by atoms with Crippen LogP contribution in [0.5, 0.6) is 0 Å². The zero-order chi connectivity index (χ0) is 21.4. The van der Waals surface area contributed by atoms with Gasteiger partial charge in [0.05, 0.1) is 9.83 Å². The molecule has 0 spiro atoms. The van der Waals surface area contributed by atoms with Gasteiger partial charge in [-0.05, 0) is 24.5 Å². The third kappa shape index (κ3) is 6.95. The van der Waals surface area contributed by atoms with Crippen molar-refractivity contribution in [2.75, 3.05) is 13.1 Å². The molecule has 154 valence electrons. The molecular formula is C18H19N3O6S2. The smallest absolute Gasteiger partial charge is 0.322 e. The minimum absolute atomic E-state index is 0.0541. The lowest BCUT2D eigenvalue weighted by molar-refractivity contribution is -0.384. The van der Waals surface area contributed by atoms with Crippen molar-refractivity contribution in [3.8, 4) is 0 Å². The second kappa shape index (κ2) is 10.7. The van der Waals surface area contributed by atoms with Gasteiger partial charge < -0.3 is 10.4 Å². The van der Waals surface area contributed by atoms with Crippen LogP contribution in [0.4, 0.5) is 5.69 Å². The molecular weight excluding hydrogens is 418 g/mol. The quantitative estimate of drug-likeness (QED) is 0.188. The van der Waals surface area contributed by atoms with E-state index in [9.17, 15) is 24.5 Å². The monoisotopic (exact) mass is 437 g/mol. The number of aliphatic carboxylic acids is 1. The highest BCUT2D eigenvalue weighted by atomic mass is 32.2. The molecule has 2 amide bonds. The van der Waals surface area contributed by atoms with Crippen molar-refractivity contribution in [3.63, 3.8) is 0 Å². The Morgan fingerprint density at radius 1 is 1.31 bits per heavy atom. The standard InChI is InChI=1S/C18H19N3O6S2/c22-15(19-11-16(23)24)7-2-1-3-8-20-17(25)14(29-18(20)28)10-12-5-4-6-13(9-12)21(26)27/h4-6,9-10H,1-3,7-8,11H2,(H,19,22)(H,23,24)/b14-10-. The van der Waals surface area contributed by atoms with E-state index in [0.29, 0.717) is 40.6 Å². The molecule has 1 saturated heterocycles. The molecule has 11 heteroatoms. The zero-order valence-corrected chi connectivity index (χ0v) is 17.0. The number of carboxylic acids is 1. The summed E-state index contributed by atoms with van der Waals surface area (Å²) < 4.78 is 0.422. The lowest BCUT2D eigenvalue weighted by atomic mass is 10.1. The summed E-state index contributed by atoms with van der Waals surface area (Å²) in [6.07, 6.45) is 3.70. The number of nitro groups is 1. The van der Waals surface area contributed by atoms with Crippen LogP contribution in [-0.4, -0.2) is 50.1 Å². The molecule has 1 aromatic rings. The van der Waals surface area contributed by atoms with Crippen LogP contribution < -0.4 is 5.32 Å². The first-order valence-electron chi connectivity index (χ1n) is 8.76. The van der Waals surface area contributed by atoms with Crippen LogP contribution in [0, 0.1) is 10.1 Å². The summed E-state index contributed by atoms with van der Waals surface area (Å²) in [5.74, 6) is -1.66. The molecule has 0 aromatic heterocycles. The van der Waals surface area contributed by atoms with Gasteiger partial charge in [-0.2, -0.15) is 0 Å². The van der Waals surface area contributed by atoms with Crippen LogP contribution >= 0.6 is 24.0 Å². The molecule has 2 N–H and O–H groups in total. The van der Waals surface area contributed by atoms with Crippen LogP contribution in [0.15, 0.2) is 29.2 Å². The first-order chi connectivity index (χ1) is 13.8. The van der Waals surface area contributed by atoms with Gasteiger partial charge in [0.2, 0.25) is 5.91 Å². The molecule has 0 unspecified atom stereocenters. The Bertz CT molecular complexity index is 871. The second-order valence-electron chi connectivity index (χ2n) is 6.17. The fourth-order valence-corrected chi connectivity index (χ4v) is 3.88. The molecule has 1 aliphatic heterocycles. The minimum atomic E-state index is -1.09. The van der Waals surface area contributed by atoms with Gasteiger partial charge in [-0.15, -0.1) is 0 Å². The van der Waals surface area contributed by atoms with Gasteiger partial charge in [-0.3, -0.25) is 29.4 Å². The summed E-state index contributed by atoms with van der Waals surface area (Å²) in [5.41, 5.74) is 0.494. The van der Waals surface area contributed by atoms with Gasteiger partial charge in [-0.25, -0.2) is 0 Å². The predicted molar refractivity (Wildman–Crippen MR) is 112 cm³/mol. The van der Waals surface area contributed by atoms with Crippen LogP contribution in [0.3, 0.4) is 0 Å². The van der Waals surface area contributed by atoms with Crippen molar-refractivity contribution < 1.29 is 24.4 Å². The molecule has 2 rings (SSSR count). The summed E-state index contributed by atoms with van der Waals surface area (Å²) in [7, 11) is 0. The van der Waals surface area contributed by atoms with Crippen LogP contribution in [0.1, 0.15) is 31.2 Å². The third-order valence-electron chi connectivity index (χ3n) is 3.97. The van der Waals surface area contributed by atoms with Crippen LogP contribution in [-0.2, 0) is 14.4 Å². The van der Waals surface area contributed by atoms with Crippen LogP contribution in [0.25, 0.3) is 6.08 Å². The fourth-order valence-electron chi connectivity index (χ4n) is 2.57. The Labute approximate surface area is 176 Å². The van der Waals surface area contributed by atoms with Crippen molar-refractivity contribution in [2.45, 2.75) is 25.7 Å². The number of carbonyl (C=O) groups excluding carboxylic acids is 2. The van der Waals surface area contributed by atoms with E-state index in [-0.39, 0.29) is 23.9 Å². The molecule has 9 nitrogen and oxygen atoms in total. The van der Waals surface area contributed by atoms with E-state index >= 15 is 0 Å². The number of carbonyl (C=O) groups is 3. The number of thioether (sulfide) groups is 1. The van der Waals surface area contributed by atoms with Crippen molar-refractivity contribution in [2.24, 2.45) is 0 Å². The maximum absolute atomic E-state index is 12.6. The molecule has 0 saturated carbocycles. The lowest BCUT2D eigenvalue weighted by Gasteiger charge is -2.14. The number of rotatable bonds is 10. The van der Waals surface area contributed by atoms with Crippen molar-refractivity contribution >= 4 is 57.8 Å². The normalized spacial score (nSPS) is 15.0. The van der Waals surface area contributed by atoms with Crippen molar-refractivity contribution in [1.82, 2.24) is 10.2 Å². The molecule has 0 aliphatic carbocycles. The fraction of sp³-hybridized carbons (Fsp3) is 0.333. The summed E-state index contributed by atoms with van der Waals surface area (Å²) >= 11 is 6.40. The number of hydrogen-bond donors (Lipinski definition) is 2. The van der Waals surface area contributed by atoms with Crippen LogP contribution in [0.2, 0.25) is 0 Å². The Kier molecular flexibility index (Phi) is 8.28. The molecule has 1 fully saturated rings. The van der Waals surface area contributed by atoms with E-state index < -0.39 is 17.4 Å². The number of thiocarbonyl (C=S) groups is 1. The number of nitrogens with one attached hydrogen (secondary N) is 1. The number of hydrogen-bond acceptors (Lipinski definition) is 7. The van der Waals surface area contributed by atoms with Crippen molar-refractivity contribution in [1.29, 1.82) is 0 Å². The van der Waals surface area contributed by atoms with Gasteiger partial charge in [0.25, 0.3) is 11.6 Å². The van der Waals surface area contributed by atoms with Crippen molar-refractivity contribution in [3.05, 3.63) is 44.8 Å². The SMILES string of the molecule is O=C(O)CNC(=O)CCCCCN1C(=O)/C(=C/c2cccc([N+](=O)[O-])c2)SC1=S. The highest BCUT2D eigenvalue weighted by Gasteiger charge is 2.31. The first kappa shape index (κ1) is 22.5. The summed E-state index contributed by atoms with van der Waals surface area (Å²) in [5, 5.41) is 21.7. The predicted octanol–water partition coefficient (Wildman–Crippen LogP) is 2.56. The molecule has 0 radical (unpaired) electrons. The highest BCUT2D eigenvalue weighted by molar-refractivity contribution is 8.26. The minimum Gasteiger partial charge on any atom is -0.480 e. The van der Waals surface area contributed by atoms with E-state index in [1.807, 2.05) is 0 Å². The summed E-state index contributed by atoms with van der Waals surface area (Å²) in [6.45, 7) is 0.0139. The molecule has 29 heavy (non-hydrogen) atoms. The Morgan fingerprint density at radius 3 is 2.76 bits per heavy atom. The number of nitro benzene ring substituents is 1. The maximum atomic E-state index is 12.6. The number of nitrogens with zero attached hydrogens (tertiary/aromatic N) is 2. The third-order valence-corrected chi connectivity index (χ3v) is 5.35. The average Bonchev–Trinajstić information content (AvgIpc) is 2.93. The topological polar surface area (TPSA) is 130 Å². The van der Waals surface area contributed by atoms with E-state index in [4.69, 9.17) is 17.3 Å². The molecule has 1 aliphatic rings. The average molecular weight is 437 g/mol. The number of amides is 2. The number of unbranched alkanes of at least 4 members (excludes halogenated alkanes) is 2. The lowest BCUT2D eigenvalue weighted by Crippen LogP contribution is -2.29. The molecule has 0 atom stereocenters. The summed E-state index contributed by atoms with van der Waals surface area (Å²) in [6, 6.07) is 6.00. The molecule has 1 heterocycles. The van der Waals surface area contributed by atoms with E-state index in [1.54, 1.807) is 18.2 Å². The largest absolute Gasteiger partial charge is 0.480 e. The zero-order valence-electron chi connectivity index (χ0n) is 15.3. The number of benzene rings is 1. The van der Waals surface area contributed by atoms with Gasteiger partial charge in [-0.1, -0.05) is 42.5 Å². The van der Waals surface area contributed by atoms with Gasteiger partial charge in [0, 0.05) is 25.1 Å². The Balaban J connectivity index is 1.83.